The molecule has 2 aliphatic rings. The fourth-order valence-corrected chi connectivity index (χ4v) is 4.14. The molecule has 0 radical (unpaired) electrons. The zero-order chi connectivity index (χ0) is 21.5. The molecule has 0 amide bonds. The summed E-state index contributed by atoms with van der Waals surface area (Å²) in [6, 6.07) is 9.96. The van der Waals surface area contributed by atoms with Gasteiger partial charge >= 0.3 is 0 Å². The van der Waals surface area contributed by atoms with Crippen LogP contribution in [-0.2, 0) is 35.0 Å². The summed E-state index contributed by atoms with van der Waals surface area (Å²) in [4.78, 5) is 0. The first-order valence-electron chi connectivity index (χ1n) is 10.5. The lowest BCUT2D eigenvalue weighted by molar-refractivity contribution is -0.179. The smallest absolute Gasteiger partial charge is 0.163 e. The van der Waals surface area contributed by atoms with Crippen molar-refractivity contribution in [2.24, 2.45) is 11.8 Å². The molecule has 8 atom stereocenters. The molecule has 1 N–H and O–H groups in total. The number of hydrogen-bond acceptors (Lipinski definition) is 7. The Kier molecular flexibility index (Phi) is 8.83. The van der Waals surface area contributed by atoms with Gasteiger partial charge in [0.05, 0.1) is 38.1 Å². The van der Waals surface area contributed by atoms with E-state index < -0.39 is 18.5 Å². The summed E-state index contributed by atoms with van der Waals surface area (Å²) in [5.41, 5.74) is 1.06. The molecule has 0 saturated carbocycles. The summed E-state index contributed by atoms with van der Waals surface area (Å²) >= 11 is 0. The number of ether oxygens (including phenoxy) is 6. The van der Waals surface area contributed by atoms with Crippen LogP contribution < -0.4 is 0 Å². The van der Waals surface area contributed by atoms with Crippen LogP contribution in [0.3, 0.4) is 0 Å². The molecule has 0 bridgehead atoms. The molecule has 7 nitrogen and oxygen atoms in total. The molecule has 30 heavy (non-hydrogen) atoms. The van der Waals surface area contributed by atoms with Crippen molar-refractivity contribution in [2.75, 3.05) is 27.1 Å². The lowest BCUT2D eigenvalue weighted by Crippen LogP contribution is -2.43. The van der Waals surface area contributed by atoms with Crippen molar-refractivity contribution in [2.45, 2.75) is 57.3 Å². The van der Waals surface area contributed by atoms with Crippen molar-refractivity contribution in [1.29, 1.82) is 0 Å². The number of fused-ring (bicyclic) bond motifs is 1. The molecule has 1 aromatic carbocycles. The Morgan fingerprint density at radius 3 is 2.53 bits per heavy atom. The standard InChI is InChI=1S/C23H34O7/c1-5-11-27-23-16(3)21-22(30-23)20(28-12-17-9-7-6-8-10-17)15(2)19(24)18(29-21)13-26-14-25-4/h5-10,15-16,18-24H,1,11-14H2,2-4H3/t15-,16-,18+,19-,20+,21-,22+,23-/m1/s1. The van der Waals surface area contributed by atoms with Crippen LogP contribution in [0.5, 0.6) is 0 Å². The van der Waals surface area contributed by atoms with Crippen molar-refractivity contribution in [3.05, 3.63) is 48.6 Å². The highest BCUT2D eigenvalue weighted by atomic mass is 16.7. The zero-order valence-electron chi connectivity index (χ0n) is 18.0. The average molecular weight is 423 g/mol. The minimum absolute atomic E-state index is 0.0415. The molecule has 3 rings (SSSR count). The average Bonchev–Trinajstić information content (AvgIpc) is 3.02. The van der Waals surface area contributed by atoms with E-state index >= 15 is 0 Å². The lowest BCUT2D eigenvalue weighted by Gasteiger charge is -2.31. The largest absolute Gasteiger partial charge is 0.390 e. The van der Waals surface area contributed by atoms with Gasteiger partial charge in [0.25, 0.3) is 0 Å². The van der Waals surface area contributed by atoms with E-state index in [0.717, 1.165) is 5.56 Å². The van der Waals surface area contributed by atoms with Gasteiger partial charge in [0, 0.05) is 18.9 Å². The van der Waals surface area contributed by atoms with E-state index in [1.165, 1.54) is 0 Å². The molecule has 2 aliphatic heterocycles. The van der Waals surface area contributed by atoms with Crippen LogP contribution in [-0.4, -0.2) is 69.0 Å². The van der Waals surface area contributed by atoms with Crippen LogP contribution >= 0.6 is 0 Å². The fraction of sp³-hybridized carbons (Fsp3) is 0.652. The Morgan fingerprint density at radius 2 is 1.83 bits per heavy atom. The van der Waals surface area contributed by atoms with Gasteiger partial charge in [0.2, 0.25) is 0 Å². The summed E-state index contributed by atoms with van der Waals surface area (Å²) in [5.74, 6) is -0.273. The second kappa shape index (κ2) is 11.3. The first-order valence-corrected chi connectivity index (χ1v) is 10.5. The van der Waals surface area contributed by atoms with Crippen LogP contribution in [0.15, 0.2) is 43.0 Å². The SMILES string of the molecule is C=CCO[C@@H]1O[C@@H]2[C@H](O[C@@H](COCOC)[C@H](O)[C@@H](C)[C@@H]2OCc2ccccc2)[C@H]1C. The van der Waals surface area contributed by atoms with Gasteiger partial charge in [0.15, 0.2) is 6.29 Å². The third-order valence-corrected chi connectivity index (χ3v) is 5.80. The second-order valence-corrected chi connectivity index (χ2v) is 7.98. The molecule has 0 aliphatic carbocycles. The molecular formula is C23H34O7. The second-order valence-electron chi connectivity index (χ2n) is 7.98. The van der Waals surface area contributed by atoms with Crippen molar-refractivity contribution >= 4 is 0 Å². The third-order valence-electron chi connectivity index (χ3n) is 5.80. The Labute approximate surface area is 178 Å². The Hall–Kier alpha value is -1.32. The van der Waals surface area contributed by atoms with E-state index in [2.05, 4.69) is 6.58 Å². The summed E-state index contributed by atoms with van der Waals surface area (Å²) < 4.78 is 35.2. The highest BCUT2D eigenvalue weighted by Gasteiger charge is 2.54. The highest BCUT2D eigenvalue weighted by Crippen LogP contribution is 2.40. The van der Waals surface area contributed by atoms with Crippen LogP contribution in [0.4, 0.5) is 0 Å². The first-order chi connectivity index (χ1) is 14.6. The molecule has 7 heteroatoms. The molecule has 2 fully saturated rings. The number of aliphatic hydroxyl groups is 1. The van der Waals surface area contributed by atoms with Gasteiger partial charge < -0.3 is 33.5 Å². The van der Waals surface area contributed by atoms with E-state index in [1.807, 2.05) is 44.2 Å². The van der Waals surface area contributed by atoms with Gasteiger partial charge in [-0.2, -0.15) is 0 Å². The molecule has 2 heterocycles. The monoisotopic (exact) mass is 422 g/mol. The van der Waals surface area contributed by atoms with Crippen LogP contribution in [0.1, 0.15) is 19.4 Å². The summed E-state index contributed by atoms with van der Waals surface area (Å²) in [6.45, 7) is 8.87. The minimum Gasteiger partial charge on any atom is -0.390 e. The topological polar surface area (TPSA) is 75.6 Å². The van der Waals surface area contributed by atoms with Crippen molar-refractivity contribution in [1.82, 2.24) is 0 Å². The molecule has 168 valence electrons. The number of rotatable bonds is 10. The van der Waals surface area contributed by atoms with E-state index in [0.29, 0.717) is 13.2 Å². The molecule has 0 aromatic heterocycles. The minimum atomic E-state index is -0.767. The van der Waals surface area contributed by atoms with Gasteiger partial charge in [-0.25, -0.2) is 0 Å². The summed E-state index contributed by atoms with van der Waals surface area (Å²) in [6.07, 6.45) is -1.04. The van der Waals surface area contributed by atoms with Crippen molar-refractivity contribution in [3.8, 4) is 0 Å². The van der Waals surface area contributed by atoms with Crippen LogP contribution in [0.2, 0.25) is 0 Å². The summed E-state index contributed by atoms with van der Waals surface area (Å²) in [5, 5.41) is 11.0. The van der Waals surface area contributed by atoms with Gasteiger partial charge in [0.1, 0.15) is 19.0 Å². The van der Waals surface area contributed by atoms with Gasteiger partial charge in [-0.1, -0.05) is 50.3 Å². The van der Waals surface area contributed by atoms with Gasteiger partial charge in [-0.05, 0) is 5.56 Å². The van der Waals surface area contributed by atoms with E-state index in [1.54, 1.807) is 13.2 Å². The van der Waals surface area contributed by atoms with E-state index in [9.17, 15) is 5.11 Å². The van der Waals surface area contributed by atoms with E-state index in [-0.39, 0.29) is 43.5 Å². The third kappa shape index (κ3) is 5.48. The van der Waals surface area contributed by atoms with Crippen molar-refractivity contribution < 1.29 is 33.5 Å². The number of aliphatic hydroxyl groups excluding tert-OH is 1. The quantitative estimate of drug-likeness (QED) is 0.353. The Morgan fingerprint density at radius 1 is 1.07 bits per heavy atom. The number of benzene rings is 1. The van der Waals surface area contributed by atoms with Gasteiger partial charge in [-0.15, -0.1) is 6.58 Å². The highest BCUT2D eigenvalue weighted by molar-refractivity contribution is 5.13. The Bertz CT molecular complexity index is 640. The first kappa shape index (κ1) is 23.3. The molecule has 0 spiro atoms. The fourth-order valence-electron chi connectivity index (χ4n) is 4.14. The van der Waals surface area contributed by atoms with Crippen LogP contribution in [0.25, 0.3) is 0 Å². The number of methoxy groups -OCH3 is 1. The van der Waals surface area contributed by atoms with Gasteiger partial charge in [-0.3, -0.25) is 0 Å². The Balaban J connectivity index is 1.79. The maximum absolute atomic E-state index is 11.0. The van der Waals surface area contributed by atoms with Crippen molar-refractivity contribution in [3.63, 3.8) is 0 Å². The maximum atomic E-state index is 11.0. The lowest BCUT2D eigenvalue weighted by atomic mass is 9.89. The predicted molar refractivity (Wildman–Crippen MR) is 111 cm³/mol. The zero-order valence-corrected chi connectivity index (χ0v) is 18.0. The summed E-state index contributed by atoms with van der Waals surface area (Å²) in [7, 11) is 1.56. The number of hydrogen-bond donors (Lipinski definition) is 1. The molecular weight excluding hydrogens is 388 g/mol. The molecule has 1 aromatic rings. The predicted octanol–water partition coefficient (Wildman–Crippen LogP) is 2.52. The van der Waals surface area contributed by atoms with Crippen LogP contribution in [0, 0.1) is 11.8 Å². The molecule has 2 saturated heterocycles. The normalized spacial score (nSPS) is 36.3. The van der Waals surface area contributed by atoms with E-state index in [4.69, 9.17) is 28.4 Å². The molecule has 0 unspecified atom stereocenters. The maximum Gasteiger partial charge on any atom is 0.163 e.